The van der Waals surface area contributed by atoms with Gasteiger partial charge in [0.15, 0.2) is 0 Å². The highest BCUT2D eigenvalue weighted by molar-refractivity contribution is 5.85. The monoisotopic (exact) mass is 256 g/mol. The van der Waals surface area contributed by atoms with Crippen molar-refractivity contribution >= 4 is 12.1 Å². The van der Waals surface area contributed by atoms with E-state index in [1.54, 1.807) is 4.90 Å². The maximum atomic E-state index is 11.5. The first kappa shape index (κ1) is 14.8. The zero-order valence-corrected chi connectivity index (χ0v) is 11.5. The molecule has 18 heavy (non-hydrogen) atoms. The SMILES string of the molecule is CC(C)(C)NC(=O)OC(=N)N1CCC[C@@H](CN)C1. The Balaban J connectivity index is 2.42. The molecule has 1 heterocycles. The van der Waals surface area contributed by atoms with Crippen LogP contribution in [0.15, 0.2) is 0 Å². The van der Waals surface area contributed by atoms with Gasteiger partial charge in [-0.25, -0.2) is 4.79 Å². The van der Waals surface area contributed by atoms with Gasteiger partial charge in [0.2, 0.25) is 0 Å². The quantitative estimate of drug-likeness (QED) is 0.484. The minimum atomic E-state index is -0.581. The Labute approximate surface area is 108 Å². The van der Waals surface area contributed by atoms with Crippen molar-refractivity contribution in [3.63, 3.8) is 0 Å². The lowest BCUT2D eigenvalue weighted by atomic mass is 9.99. The largest absolute Gasteiger partial charge is 0.415 e. The second-order valence-electron chi connectivity index (χ2n) is 5.76. The van der Waals surface area contributed by atoms with Gasteiger partial charge in [0, 0.05) is 18.6 Å². The number of nitrogens with one attached hydrogen (secondary N) is 2. The normalized spacial score (nSPS) is 20.4. The molecule has 0 unspecified atom stereocenters. The predicted octanol–water partition coefficient (Wildman–Crippen LogP) is 1.12. The number of nitrogens with zero attached hydrogens (tertiary/aromatic N) is 1. The number of ether oxygens (including phenoxy) is 1. The minimum absolute atomic E-state index is 0.0881. The van der Waals surface area contributed by atoms with Crippen molar-refractivity contribution < 1.29 is 9.53 Å². The summed E-state index contributed by atoms with van der Waals surface area (Å²) in [5.74, 6) is 0.383. The summed E-state index contributed by atoms with van der Waals surface area (Å²) in [7, 11) is 0. The zero-order chi connectivity index (χ0) is 13.8. The molecule has 1 amide bonds. The second kappa shape index (κ2) is 6.04. The van der Waals surface area contributed by atoms with Crippen LogP contribution in [0, 0.1) is 11.3 Å². The fourth-order valence-electron chi connectivity index (χ4n) is 1.93. The number of rotatable bonds is 1. The Kier molecular flexibility index (Phi) is 4.95. The van der Waals surface area contributed by atoms with Crippen LogP contribution in [0.5, 0.6) is 0 Å². The van der Waals surface area contributed by atoms with Crippen molar-refractivity contribution in [3.05, 3.63) is 0 Å². The maximum Gasteiger partial charge on any atom is 0.415 e. The predicted molar refractivity (Wildman–Crippen MR) is 70.4 cm³/mol. The van der Waals surface area contributed by atoms with Gasteiger partial charge in [-0.1, -0.05) is 0 Å². The molecule has 1 aliphatic rings. The fourth-order valence-corrected chi connectivity index (χ4v) is 1.93. The lowest BCUT2D eigenvalue weighted by molar-refractivity contribution is 0.163. The molecule has 6 heteroatoms. The molecule has 1 rings (SSSR count). The Morgan fingerprint density at radius 1 is 1.56 bits per heavy atom. The number of alkyl carbamates (subject to hydrolysis) is 1. The summed E-state index contributed by atoms with van der Waals surface area (Å²) in [5, 5.41) is 10.4. The van der Waals surface area contributed by atoms with Crippen molar-refractivity contribution in [3.8, 4) is 0 Å². The smallest absolute Gasteiger partial charge is 0.376 e. The Bertz CT molecular complexity index is 312. The molecule has 104 valence electrons. The Morgan fingerprint density at radius 3 is 2.78 bits per heavy atom. The molecule has 0 aromatic rings. The molecule has 1 fully saturated rings. The van der Waals surface area contributed by atoms with Crippen molar-refractivity contribution in [2.45, 2.75) is 39.2 Å². The highest BCUT2D eigenvalue weighted by Crippen LogP contribution is 2.15. The molecular formula is C12H24N4O2. The number of amidine groups is 1. The van der Waals surface area contributed by atoms with Crippen LogP contribution < -0.4 is 11.1 Å². The molecule has 0 saturated carbocycles. The van der Waals surface area contributed by atoms with Gasteiger partial charge in [-0.3, -0.25) is 5.41 Å². The first-order valence-electron chi connectivity index (χ1n) is 6.35. The first-order chi connectivity index (χ1) is 8.31. The molecule has 0 aliphatic carbocycles. The molecule has 1 atom stereocenters. The molecule has 6 nitrogen and oxygen atoms in total. The first-order valence-corrected chi connectivity index (χ1v) is 6.35. The number of amides is 1. The number of hydrogen-bond donors (Lipinski definition) is 3. The van der Waals surface area contributed by atoms with Crippen molar-refractivity contribution in [2.24, 2.45) is 11.7 Å². The van der Waals surface area contributed by atoms with E-state index < -0.39 is 6.09 Å². The van der Waals surface area contributed by atoms with Crippen LogP contribution in [-0.2, 0) is 4.74 Å². The highest BCUT2D eigenvalue weighted by atomic mass is 16.6. The van der Waals surface area contributed by atoms with Gasteiger partial charge in [-0.2, -0.15) is 0 Å². The molecule has 0 aromatic carbocycles. The molecule has 1 aliphatic heterocycles. The third-order valence-electron chi connectivity index (χ3n) is 2.81. The van der Waals surface area contributed by atoms with Gasteiger partial charge in [0.25, 0.3) is 6.02 Å². The number of likely N-dealkylation sites (tertiary alicyclic amines) is 1. The van der Waals surface area contributed by atoms with Crippen LogP contribution in [0.3, 0.4) is 0 Å². The topological polar surface area (TPSA) is 91.4 Å². The van der Waals surface area contributed by atoms with Crippen LogP contribution in [-0.4, -0.2) is 42.2 Å². The van der Waals surface area contributed by atoms with Crippen molar-refractivity contribution in [1.29, 1.82) is 5.41 Å². The van der Waals surface area contributed by atoms with Crippen molar-refractivity contribution in [2.75, 3.05) is 19.6 Å². The summed E-state index contributed by atoms with van der Waals surface area (Å²) in [5.41, 5.74) is 5.27. The zero-order valence-electron chi connectivity index (χ0n) is 11.5. The van der Waals surface area contributed by atoms with E-state index >= 15 is 0 Å². The van der Waals surface area contributed by atoms with Crippen LogP contribution in [0.1, 0.15) is 33.6 Å². The molecular weight excluding hydrogens is 232 g/mol. The number of piperidine rings is 1. The van der Waals surface area contributed by atoms with Crippen LogP contribution in [0.4, 0.5) is 4.79 Å². The Morgan fingerprint density at radius 2 is 2.22 bits per heavy atom. The van der Waals surface area contributed by atoms with E-state index in [9.17, 15) is 4.79 Å². The van der Waals surface area contributed by atoms with Gasteiger partial charge < -0.3 is 20.7 Å². The maximum absolute atomic E-state index is 11.5. The van der Waals surface area contributed by atoms with Gasteiger partial charge in [-0.05, 0) is 46.1 Å². The number of carbonyl (C=O) groups is 1. The molecule has 4 N–H and O–H groups in total. The number of nitrogens with two attached hydrogens (primary N) is 1. The lowest BCUT2D eigenvalue weighted by Crippen LogP contribution is -2.47. The number of hydrogen-bond acceptors (Lipinski definition) is 4. The summed E-state index contributed by atoms with van der Waals surface area (Å²) >= 11 is 0. The van der Waals surface area contributed by atoms with E-state index in [-0.39, 0.29) is 11.6 Å². The molecule has 0 radical (unpaired) electrons. The summed E-state index contributed by atoms with van der Waals surface area (Å²) in [6.07, 6.45) is 1.48. The van der Waals surface area contributed by atoms with E-state index in [2.05, 4.69) is 5.32 Å². The lowest BCUT2D eigenvalue weighted by Gasteiger charge is -2.32. The van der Waals surface area contributed by atoms with Gasteiger partial charge in [0.1, 0.15) is 0 Å². The highest BCUT2D eigenvalue weighted by Gasteiger charge is 2.24. The average molecular weight is 256 g/mol. The van der Waals surface area contributed by atoms with Crippen LogP contribution in [0.2, 0.25) is 0 Å². The van der Waals surface area contributed by atoms with Crippen molar-refractivity contribution in [1.82, 2.24) is 10.2 Å². The van der Waals surface area contributed by atoms with Gasteiger partial charge in [-0.15, -0.1) is 0 Å². The Hall–Kier alpha value is -1.30. The third-order valence-corrected chi connectivity index (χ3v) is 2.81. The fraction of sp³-hybridized carbons (Fsp3) is 0.833. The molecule has 0 spiro atoms. The van der Waals surface area contributed by atoms with Gasteiger partial charge >= 0.3 is 6.09 Å². The van der Waals surface area contributed by atoms with E-state index in [0.29, 0.717) is 19.0 Å². The van der Waals surface area contributed by atoms with Crippen LogP contribution in [0.25, 0.3) is 0 Å². The molecule has 0 aromatic heterocycles. The third kappa shape index (κ3) is 4.91. The van der Waals surface area contributed by atoms with E-state index in [0.717, 1.165) is 19.4 Å². The second-order valence-corrected chi connectivity index (χ2v) is 5.76. The van der Waals surface area contributed by atoms with E-state index in [1.165, 1.54) is 0 Å². The molecule has 1 saturated heterocycles. The van der Waals surface area contributed by atoms with E-state index in [4.69, 9.17) is 15.9 Å². The summed E-state index contributed by atoms with van der Waals surface area (Å²) in [6, 6.07) is -0.0881. The molecule has 0 bridgehead atoms. The summed E-state index contributed by atoms with van der Waals surface area (Å²) < 4.78 is 4.98. The number of carbonyl (C=O) groups excluding carboxylic acids is 1. The summed E-state index contributed by atoms with van der Waals surface area (Å²) in [6.45, 7) is 7.64. The average Bonchev–Trinajstić information content (AvgIpc) is 2.26. The van der Waals surface area contributed by atoms with Gasteiger partial charge in [0.05, 0.1) is 0 Å². The van der Waals surface area contributed by atoms with E-state index in [1.807, 2.05) is 20.8 Å². The van der Waals surface area contributed by atoms with Crippen LogP contribution >= 0.6 is 0 Å². The minimum Gasteiger partial charge on any atom is -0.376 e. The standard InChI is InChI=1S/C12H24N4O2/c1-12(2,3)15-11(17)18-10(14)16-6-4-5-9(7-13)8-16/h9,14H,4-8,13H2,1-3H3,(H,15,17)/t9-/m0/s1. The summed E-state index contributed by atoms with van der Waals surface area (Å²) in [4.78, 5) is 13.3.